The molecule has 1 aliphatic carbocycles. The molecule has 1 aromatic carbocycles. The summed E-state index contributed by atoms with van der Waals surface area (Å²) in [5.41, 5.74) is -0.718. The summed E-state index contributed by atoms with van der Waals surface area (Å²) in [7, 11) is 0. The summed E-state index contributed by atoms with van der Waals surface area (Å²) in [5, 5.41) is 2.93. The number of nitrogens with one attached hydrogen (secondary N) is 1. The second kappa shape index (κ2) is 6.05. The largest absolute Gasteiger partial charge is 0.433 e. The van der Waals surface area contributed by atoms with Crippen molar-refractivity contribution in [2.24, 2.45) is 0 Å². The Bertz CT molecular complexity index is 756. The number of nitrogens with zero attached hydrogens (tertiary/aromatic N) is 1. The van der Waals surface area contributed by atoms with Gasteiger partial charge in [0.05, 0.1) is 5.56 Å². The molecule has 0 unspecified atom stereocenters. The van der Waals surface area contributed by atoms with Crippen molar-refractivity contribution in [1.29, 1.82) is 0 Å². The zero-order chi connectivity index (χ0) is 17.5. The number of carbonyl (C=O) groups excluding carboxylic acids is 1. The molecule has 1 aromatic heterocycles. The lowest BCUT2D eigenvalue weighted by Gasteiger charge is -2.08. The molecule has 126 valence electrons. The molecule has 2 atom stereocenters. The topological polar surface area (TPSA) is 42.0 Å². The van der Waals surface area contributed by atoms with Gasteiger partial charge in [-0.3, -0.25) is 9.78 Å². The van der Waals surface area contributed by atoms with Crippen LogP contribution in [0.15, 0.2) is 36.5 Å². The Morgan fingerprint density at radius 2 is 2.00 bits per heavy atom. The summed E-state index contributed by atoms with van der Waals surface area (Å²) < 4.78 is 51.2. The van der Waals surface area contributed by atoms with E-state index in [1.807, 2.05) is 0 Å². The Kier molecular flexibility index (Phi) is 4.21. The monoisotopic (exact) mass is 358 g/mol. The third kappa shape index (κ3) is 3.36. The maximum absolute atomic E-state index is 13.8. The first kappa shape index (κ1) is 16.7. The summed E-state index contributed by atoms with van der Waals surface area (Å²) in [6.45, 7) is 0. The molecule has 1 saturated carbocycles. The fourth-order valence-electron chi connectivity index (χ4n) is 2.49. The minimum atomic E-state index is -4.56. The molecule has 1 amide bonds. The van der Waals surface area contributed by atoms with Crippen LogP contribution in [0.2, 0.25) is 5.02 Å². The van der Waals surface area contributed by atoms with Gasteiger partial charge in [0, 0.05) is 28.7 Å². The molecule has 0 bridgehead atoms. The fourth-order valence-corrected chi connectivity index (χ4v) is 2.79. The van der Waals surface area contributed by atoms with Crippen LogP contribution < -0.4 is 5.32 Å². The average Bonchev–Trinajstić information content (AvgIpc) is 3.25. The number of benzene rings is 1. The van der Waals surface area contributed by atoms with Crippen LogP contribution in [-0.4, -0.2) is 16.9 Å². The average molecular weight is 359 g/mol. The molecule has 0 aliphatic heterocycles. The molecule has 1 aliphatic rings. The van der Waals surface area contributed by atoms with E-state index in [-0.39, 0.29) is 22.5 Å². The van der Waals surface area contributed by atoms with Crippen molar-refractivity contribution in [2.45, 2.75) is 24.6 Å². The number of hydrogen-bond acceptors (Lipinski definition) is 2. The van der Waals surface area contributed by atoms with Gasteiger partial charge < -0.3 is 5.32 Å². The number of amides is 1. The van der Waals surface area contributed by atoms with E-state index in [2.05, 4.69) is 10.3 Å². The van der Waals surface area contributed by atoms with Crippen molar-refractivity contribution in [3.8, 4) is 0 Å². The van der Waals surface area contributed by atoms with E-state index in [1.165, 1.54) is 12.1 Å². The van der Waals surface area contributed by atoms with E-state index in [1.54, 1.807) is 6.07 Å². The third-order valence-corrected chi connectivity index (χ3v) is 4.12. The lowest BCUT2D eigenvalue weighted by atomic mass is 10.1. The summed E-state index contributed by atoms with van der Waals surface area (Å²) in [6, 6.07) is 5.83. The molecule has 24 heavy (non-hydrogen) atoms. The first-order chi connectivity index (χ1) is 11.3. The van der Waals surface area contributed by atoms with Crippen LogP contribution in [0.3, 0.4) is 0 Å². The number of rotatable bonds is 3. The molecule has 0 spiro atoms. The lowest BCUT2D eigenvalue weighted by Crippen LogP contribution is -2.27. The predicted molar refractivity (Wildman–Crippen MR) is 79.3 cm³/mol. The van der Waals surface area contributed by atoms with E-state index >= 15 is 0 Å². The molecule has 3 nitrogen and oxygen atoms in total. The Morgan fingerprint density at radius 1 is 1.25 bits per heavy atom. The fraction of sp³-hybridized carbons (Fsp3) is 0.250. The molecular formula is C16H11ClF4N2O. The molecule has 1 fully saturated rings. The van der Waals surface area contributed by atoms with Gasteiger partial charge in [-0.2, -0.15) is 13.2 Å². The van der Waals surface area contributed by atoms with E-state index < -0.39 is 23.6 Å². The Hall–Kier alpha value is -2.15. The van der Waals surface area contributed by atoms with Crippen LogP contribution in [0, 0.1) is 5.82 Å². The van der Waals surface area contributed by atoms with Gasteiger partial charge in [0.15, 0.2) is 0 Å². The number of aromatic nitrogens is 1. The van der Waals surface area contributed by atoms with Crippen molar-refractivity contribution in [3.63, 3.8) is 0 Å². The molecule has 8 heteroatoms. The van der Waals surface area contributed by atoms with Crippen molar-refractivity contribution >= 4 is 17.5 Å². The SMILES string of the molecule is O=C(N[C@H]1C[C@H]1c1c(F)cccc1Cl)c1ccc(C(F)(F)F)nc1. The van der Waals surface area contributed by atoms with Gasteiger partial charge in [0.25, 0.3) is 5.91 Å². The maximum Gasteiger partial charge on any atom is 0.433 e. The normalized spacial score (nSPS) is 19.9. The zero-order valence-electron chi connectivity index (χ0n) is 12.1. The van der Waals surface area contributed by atoms with Gasteiger partial charge in [0.2, 0.25) is 0 Å². The number of pyridine rings is 1. The number of hydrogen-bond donors (Lipinski definition) is 1. The first-order valence-electron chi connectivity index (χ1n) is 7.05. The Morgan fingerprint density at radius 3 is 2.58 bits per heavy atom. The highest BCUT2D eigenvalue weighted by atomic mass is 35.5. The standard InChI is InChI=1S/C16H11ClF4N2O/c17-10-2-1-3-11(18)14(10)9-6-12(9)23-15(24)8-4-5-13(22-7-8)16(19,20)21/h1-5,7,9,12H,6H2,(H,23,24)/t9-,12+/m1/s1. The van der Waals surface area contributed by atoms with Crippen LogP contribution in [0.25, 0.3) is 0 Å². The minimum Gasteiger partial charge on any atom is -0.349 e. The van der Waals surface area contributed by atoms with Crippen LogP contribution in [0.5, 0.6) is 0 Å². The highest BCUT2D eigenvalue weighted by molar-refractivity contribution is 6.31. The van der Waals surface area contributed by atoms with E-state index in [4.69, 9.17) is 11.6 Å². The molecule has 3 rings (SSSR count). The van der Waals surface area contributed by atoms with Gasteiger partial charge in [-0.25, -0.2) is 4.39 Å². The van der Waals surface area contributed by atoms with Gasteiger partial charge in [0.1, 0.15) is 11.5 Å². The molecule has 0 radical (unpaired) electrons. The van der Waals surface area contributed by atoms with E-state index in [0.717, 1.165) is 18.3 Å². The van der Waals surface area contributed by atoms with Crippen molar-refractivity contribution in [2.75, 3.05) is 0 Å². The number of halogens is 5. The zero-order valence-corrected chi connectivity index (χ0v) is 12.8. The summed E-state index contributed by atoms with van der Waals surface area (Å²) in [6.07, 6.45) is -3.18. The molecule has 1 heterocycles. The lowest BCUT2D eigenvalue weighted by molar-refractivity contribution is -0.141. The highest BCUT2D eigenvalue weighted by Gasteiger charge is 2.42. The second-order valence-electron chi connectivity index (χ2n) is 5.49. The summed E-state index contributed by atoms with van der Waals surface area (Å²) in [4.78, 5) is 15.3. The molecular weight excluding hydrogens is 348 g/mol. The van der Waals surface area contributed by atoms with Crippen LogP contribution in [0.1, 0.15) is 34.0 Å². The highest BCUT2D eigenvalue weighted by Crippen LogP contribution is 2.45. The third-order valence-electron chi connectivity index (χ3n) is 3.79. The van der Waals surface area contributed by atoms with Gasteiger partial charge in [-0.05, 0) is 30.7 Å². The van der Waals surface area contributed by atoms with E-state index in [9.17, 15) is 22.4 Å². The Balaban J connectivity index is 1.67. The Labute approximate surface area is 139 Å². The maximum atomic E-state index is 13.8. The van der Waals surface area contributed by atoms with Crippen LogP contribution in [0.4, 0.5) is 17.6 Å². The van der Waals surface area contributed by atoms with Crippen molar-refractivity contribution < 1.29 is 22.4 Å². The first-order valence-corrected chi connectivity index (χ1v) is 7.43. The van der Waals surface area contributed by atoms with Gasteiger partial charge >= 0.3 is 6.18 Å². The molecule has 0 saturated heterocycles. The summed E-state index contributed by atoms with van der Waals surface area (Å²) >= 11 is 5.97. The van der Waals surface area contributed by atoms with Gasteiger partial charge in [-0.15, -0.1) is 0 Å². The predicted octanol–water partition coefficient (Wildman–Crippen LogP) is 4.18. The smallest absolute Gasteiger partial charge is 0.349 e. The van der Waals surface area contributed by atoms with Crippen molar-refractivity contribution in [3.05, 3.63) is 64.2 Å². The van der Waals surface area contributed by atoms with E-state index in [0.29, 0.717) is 12.0 Å². The van der Waals surface area contributed by atoms with Crippen molar-refractivity contribution in [1.82, 2.24) is 10.3 Å². The molecule has 1 N–H and O–H groups in total. The summed E-state index contributed by atoms with van der Waals surface area (Å²) in [5.74, 6) is -1.25. The number of alkyl halides is 3. The van der Waals surface area contributed by atoms with Gasteiger partial charge in [-0.1, -0.05) is 17.7 Å². The molecule has 2 aromatic rings. The van der Waals surface area contributed by atoms with Crippen LogP contribution >= 0.6 is 11.6 Å². The number of carbonyl (C=O) groups is 1. The quantitative estimate of drug-likeness (QED) is 0.836. The van der Waals surface area contributed by atoms with Crippen LogP contribution in [-0.2, 0) is 6.18 Å². The second-order valence-corrected chi connectivity index (χ2v) is 5.89. The minimum absolute atomic E-state index is 0.00767.